The maximum atomic E-state index is 11.0. The van der Waals surface area contributed by atoms with Crippen molar-refractivity contribution < 1.29 is 39.5 Å². The highest BCUT2D eigenvalue weighted by molar-refractivity contribution is 5.96. The maximum Gasteiger partial charge on any atom is 0.336 e. The van der Waals surface area contributed by atoms with Crippen molar-refractivity contribution in [2.24, 2.45) is 0 Å². The summed E-state index contributed by atoms with van der Waals surface area (Å²) in [6, 6.07) is 33.0. The van der Waals surface area contributed by atoms with Gasteiger partial charge in [-0.15, -0.1) is 0 Å². The summed E-state index contributed by atoms with van der Waals surface area (Å²) in [5.74, 6) is -1.79. The molecule has 0 amide bonds. The highest BCUT2D eigenvalue weighted by Crippen LogP contribution is 2.24. The van der Waals surface area contributed by atoms with Gasteiger partial charge in [0.05, 0.1) is 50.8 Å². The minimum atomic E-state index is -0.894. The van der Waals surface area contributed by atoms with Crippen molar-refractivity contribution >= 4 is 11.9 Å². The largest absolute Gasteiger partial charge is 0.478 e. The highest BCUT2D eigenvalue weighted by atomic mass is 16.5. The first-order valence-electron chi connectivity index (χ1n) is 12.6. The summed E-state index contributed by atoms with van der Waals surface area (Å²) >= 11 is 0. The number of carbonyl (C=O) groups is 2. The summed E-state index contributed by atoms with van der Waals surface area (Å²) in [6.45, 7) is 1.73. The van der Waals surface area contributed by atoms with Crippen LogP contribution < -0.4 is 0 Å². The van der Waals surface area contributed by atoms with Gasteiger partial charge in [0.25, 0.3) is 0 Å². The molecule has 0 aliphatic heterocycles. The third-order valence-electron chi connectivity index (χ3n) is 5.33. The summed E-state index contributed by atoms with van der Waals surface area (Å²) in [5.41, 5.74) is 4.04. The molecule has 0 fully saturated rings. The van der Waals surface area contributed by atoms with E-state index in [2.05, 4.69) is 0 Å². The number of rotatable bonds is 11. The first-order chi connectivity index (χ1) is 19.5. The molecule has 0 saturated heterocycles. The van der Waals surface area contributed by atoms with Crippen LogP contribution in [0.4, 0.5) is 0 Å². The molecule has 0 heterocycles. The van der Waals surface area contributed by atoms with E-state index in [1.54, 1.807) is 24.3 Å². The molecule has 40 heavy (non-hydrogen) atoms. The third-order valence-corrected chi connectivity index (χ3v) is 5.33. The van der Waals surface area contributed by atoms with E-state index >= 15 is 0 Å². The molecule has 8 nitrogen and oxygen atoms in total. The van der Waals surface area contributed by atoms with Gasteiger partial charge in [-0.2, -0.15) is 0 Å². The minimum Gasteiger partial charge on any atom is -0.478 e. The van der Waals surface area contributed by atoms with Crippen molar-refractivity contribution in [3.63, 3.8) is 0 Å². The van der Waals surface area contributed by atoms with Crippen LogP contribution in [-0.2, 0) is 9.47 Å². The summed E-state index contributed by atoms with van der Waals surface area (Å²) in [7, 11) is 0. The van der Waals surface area contributed by atoms with Gasteiger partial charge in [-0.05, 0) is 34.4 Å². The standard InChI is InChI=1S/2C13H10O2.C6H14O4/c2*14-13(15)12-9-5-4-8-11(12)10-6-2-1-3-7-10;7-1-3-9-5-6-10-4-2-8/h2*1-9H,(H,14,15);7-8H,1-6H2. The van der Waals surface area contributed by atoms with E-state index in [1.807, 2.05) is 84.9 Å². The number of aromatic carboxylic acids is 2. The van der Waals surface area contributed by atoms with Gasteiger partial charge in [0.15, 0.2) is 0 Å². The van der Waals surface area contributed by atoms with Crippen LogP contribution in [-0.4, -0.2) is 72.0 Å². The quantitative estimate of drug-likeness (QED) is 0.191. The van der Waals surface area contributed by atoms with Crippen molar-refractivity contribution in [2.75, 3.05) is 39.6 Å². The average Bonchev–Trinajstić information content (AvgIpc) is 3.00. The molecule has 8 heteroatoms. The lowest BCUT2D eigenvalue weighted by Crippen LogP contribution is -2.09. The van der Waals surface area contributed by atoms with E-state index < -0.39 is 11.9 Å². The molecular weight excluding hydrogens is 512 g/mol. The molecular formula is C32H34O8. The Kier molecular flexibility index (Phi) is 15.0. The van der Waals surface area contributed by atoms with Crippen molar-refractivity contribution in [3.8, 4) is 22.3 Å². The number of benzene rings is 4. The van der Waals surface area contributed by atoms with Gasteiger partial charge >= 0.3 is 11.9 Å². The van der Waals surface area contributed by atoms with Crippen LogP contribution >= 0.6 is 0 Å². The van der Waals surface area contributed by atoms with E-state index in [9.17, 15) is 9.59 Å². The second-order valence-electron chi connectivity index (χ2n) is 8.11. The fourth-order valence-corrected chi connectivity index (χ4v) is 3.53. The van der Waals surface area contributed by atoms with Crippen LogP contribution in [0.25, 0.3) is 22.3 Å². The van der Waals surface area contributed by atoms with E-state index in [4.69, 9.17) is 29.9 Å². The monoisotopic (exact) mass is 546 g/mol. The zero-order valence-corrected chi connectivity index (χ0v) is 22.1. The first kappa shape index (κ1) is 31.9. The number of aliphatic hydroxyl groups excluding tert-OH is 2. The molecule has 0 atom stereocenters. The van der Waals surface area contributed by atoms with Gasteiger partial charge in [-0.1, -0.05) is 97.1 Å². The molecule has 4 aromatic rings. The van der Waals surface area contributed by atoms with E-state index in [0.717, 1.165) is 22.3 Å². The van der Waals surface area contributed by atoms with Crippen molar-refractivity contribution in [1.82, 2.24) is 0 Å². The summed E-state index contributed by atoms with van der Waals surface area (Å²) in [5, 5.41) is 34.6. The normalized spacial score (nSPS) is 9.95. The first-order valence-corrected chi connectivity index (χ1v) is 12.6. The van der Waals surface area contributed by atoms with E-state index in [-0.39, 0.29) is 13.2 Å². The van der Waals surface area contributed by atoms with Crippen LogP contribution in [0, 0.1) is 0 Å². The lowest BCUT2D eigenvalue weighted by molar-refractivity contribution is 0.0222. The number of hydrogen-bond donors (Lipinski definition) is 4. The van der Waals surface area contributed by atoms with Gasteiger partial charge < -0.3 is 29.9 Å². The molecule has 0 bridgehead atoms. The van der Waals surface area contributed by atoms with Gasteiger partial charge in [-0.3, -0.25) is 0 Å². The molecule has 0 radical (unpaired) electrons. The molecule has 4 N–H and O–H groups in total. The van der Waals surface area contributed by atoms with E-state index in [1.165, 1.54) is 0 Å². The van der Waals surface area contributed by atoms with Crippen LogP contribution in [0.3, 0.4) is 0 Å². The summed E-state index contributed by atoms with van der Waals surface area (Å²) < 4.78 is 9.75. The Labute approximate surface area is 233 Å². The van der Waals surface area contributed by atoms with Gasteiger partial charge in [0.1, 0.15) is 0 Å². The lowest BCUT2D eigenvalue weighted by atomic mass is 10.00. The summed E-state index contributed by atoms with van der Waals surface area (Å²) in [6.07, 6.45) is 0. The van der Waals surface area contributed by atoms with Gasteiger partial charge in [-0.25, -0.2) is 9.59 Å². The van der Waals surface area contributed by atoms with Crippen LogP contribution in [0.2, 0.25) is 0 Å². The predicted molar refractivity (Wildman–Crippen MR) is 153 cm³/mol. The van der Waals surface area contributed by atoms with Crippen molar-refractivity contribution in [1.29, 1.82) is 0 Å². The molecule has 4 rings (SSSR count). The smallest absolute Gasteiger partial charge is 0.336 e. The fraction of sp³-hybridized carbons (Fsp3) is 0.188. The molecule has 210 valence electrons. The Bertz CT molecular complexity index is 1180. The number of ether oxygens (including phenoxy) is 2. The number of aliphatic hydroxyl groups is 2. The highest BCUT2D eigenvalue weighted by Gasteiger charge is 2.10. The number of carboxylic acid groups (broad SMARTS) is 2. The van der Waals surface area contributed by atoms with Crippen LogP contribution in [0.1, 0.15) is 20.7 Å². The average molecular weight is 547 g/mol. The molecule has 0 saturated carbocycles. The zero-order chi connectivity index (χ0) is 29.0. The minimum absolute atomic E-state index is 0.0417. The molecule has 0 spiro atoms. The Morgan fingerprint density at radius 3 is 1.12 bits per heavy atom. The van der Waals surface area contributed by atoms with E-state index in [0.29, 0.717) is 37.6 Å². The molecule has 0 unspecified atom stereocenters. The molecule has 0 aliphatic carbocycles. The van der Waals surface area contributed by atoms with Crippen LogP contribution in [0.5, 0.6) is 0 Å². The second kappa shape index (κ2) is 18.8. The Morgan fingerprint density at radius 2 is 0.800 bits per heavy atom. The lowest BCUT2D eigenvalue weighted by Gasteiger charge is -2.05. The van der Waals surface area contributed by atoms with Gasteiger partial charge in [0.2, 0.25) is 0 Å². The number of carboxylic acids is 2. The number of hydrogen-bond acceptors (Lipinski definition) is 6. The van der Waals surface area contributed by atoms with Gasteiger partial charge in [0, 0.05) is 0 Å². The zero-order valence-electron chi connectivity index (χ0n) is 22.1. The molecule has 0 aromatic heterocycles. The second-order valence-corrected chi connectivity index (χ2v) is 8.11. The van der Waals surface area contributed by atoms with Crippen LogP contribution in [0.15, 0.2) is 109 Å². The SMILES string of the molecule is O=C(O)c1ccccc1-c1ccccc1.O=C(O)c1ccccc1-c1ccccc1.OCCOCCOCCO. The third kappa shape index (κ3) is 11.2. The predicted octanol–water partition coefficient (Wildman–Crippen LogP) is 5.11. The topological polar surface area (TPSA) is 134 Å². The molecule has 0 aliphatic rings. The molecule has 4 aromatic carbocycles. The summed E-state index contributed by atoms with van der Waals surface area (Å²) in [4.78, 5) is 22.0. The fourth-order valence-electron chi connectivity index (χ4n) is 3.53. The Balaban J connectivity index is 0.000000216. The Morgan fingerprint density at radius 1 is 0.475 bits per heavy atom. The Hall–Kier alpha value is -4.34. The van der Waals surface area contributed by atoms with Crippen molar-refractivity contribution in [2.45, 2.75) is 0 Å². The maximum absolute atomic E-state index is 11.0. The van der Waals surface area contributed by atoms with Crippen molar-refractivity contribution in [3.05, 3.63) is 120 Å².